The van der Waals surface area contributed by atoms with E-state index in [1.807, 2.05) is 51.1 Å². The number of methoxy groups -OCH3 is 1. The van der Waals surface area contributed by atoms with E-state index in [9.17, 15) is 9.59 Å². The van der Waals surface area contributed by atoms with Crippen molar-refractivity contribution in [3.63, 3.8) is 0 Å². The Hall–Kier alpha value is -2.58. The zero-order valence-electron chi connectivity index (χ0n) is 15.4. The van der Waals surface area contributed by atoms with Crippen molar-refractivity contribution < 1.29 is 14.3 Å². The highest BCUT2D eigenvalue weighted by atomic mass is 32.1. The number of hydrogen-bond acceptors (Lipinski definition) is 7. The molecule has 6 nitrogen and oxygen atoms in total. The fourth-order valence-corrected chi connectivity index (χ4v) is 4.47. The highest BCUT2D eigenvalue weighted by molar-refractivity contribution is 7.19. The highest BCUT2D eigenvalue weighted by Gasteiger charge is 2.24. The number of nitrogens with zero attached hydrogens (tertiary/aromatic N) is 2. The molecule has 8 heteroatoms. The molecule has 2 aromatic heterocycles. The van der Waals surface area contributed by atoms with Gasteiger partial charge in [0, 0.05) is 0 Å². The summed E-state index contributed by atoms with van der Waals surface area (Å²) in [7, 11) is 1.31. The van der Waals surface area contributed by atoms with E-state index < -0.39 is 5.97 Å². The van der Waals surface area contributed by atoms with Crippen LogP contribution >= 0.6 is 22.7 Å². The van der Waals surface area contributed by atoms with Crippen LogP contribution in [0.1, 0.15) is 50.6 Å². The molecule has 1 amide bonds. The second-order valence-corrected chi connectivity index (χ2v) is 8.31. The summed E-state index contributed by atoms with van der Waals surface area (Å²) in [6, 6.07) is 9.42. The van der Waals surface area contributed by atoms with Gasteiger partial charge in [-0.3, -0.25) is 10.1 Å². The van der Waals surface area contributed by atoms with E-state index >= 15 is 0 Å². The first-order valence-corrected chi connectivity index (χ1v) is 9.97. The number of carbonyl (C=O) groups is 2. The number of anilines is 1. The number of benzene rings is 1. The van der Waals surface area contributed by atoms with Crippen molar-refractivity contribution in [1.82, 2.24) is 9.97 Å². The van der Waals surface area contributed by atoms with Gasteiger partial charge < -0.3 is 4.74 Å². The molecular formula is C19H19N3O3S2. The number of nitrogens with one attached hydrogen (secondary N) is 1. The zero-order valence-corrected chi connectivity index (χ0v) is 17.0. The van der Waals surface area contributed by atoms with Crippen molar-refractivity contribution in [3.8, 4) is 10.4 Å². The van der Waals surface area contributed by atoms with E-state index in [-0.39, 0.29) is 17.5 Å². The number of carbonyl (C=O) groups excluding carboxylic acids is 2. The van der Waals surface area contributed by atoms with Gasteiger partial charge in [-0.25, -0.2) is 14.8 Å². The second kappa shape index (κ2) is 7.98. The van der Waals surface area contributed by atoms with Gasteiger partial charge in [0.05, 0.1) is 22.7 Å². The number of rotatable bonds is 5. The molecule has 0 fully saturated rings. The lowest BCUT2D eigenvalue weighted by atomic mass is 10.1. The molecule has 27 heavy (non-hydrogen) atoms. The molecule has 3 aromatic rings. The number of ether oxygens (including phenoxy) is 1. The number of amides is 1. The van der Waals surface area contributed by atoms with Gasteiger partial charge in [-0.05, 0) is 18.4 Å². The Morgan fingerprint density at radius 2 is 1.81 bits per heavy atom. The van der Waals surface area contributed by atoms with E-state index in [1.54, 1.807) is 0 Å². The van der Waals surface area contributed by atoms with Crippen LogP contribution in [-0.4, -0.2) is 29.0 Å². The smallest absolute Gasteiger partial charge is 0.358 e. The number of esters is 1. The third-order valence-corrected chi connectivity index (χ3v) is 5.78. The number of aryl methyl sites for hydroxylation is 1. The number of hydrogen-bond donors (Lipinski definition) is 1. The van der Waals surface area contributed by atoms with Gasteiger partial charge in [0.2, 0.25) is 0 Å². The molecule has 0 unspecified atom stereocenters. The molecule has 1 aromatic carbocycles. The molecular weight excluding hydrogens is 382 g/mol. The van der Waals surface area contributed by atoms with Gasteiger partial charge in [0.1, 0.15) is 4.88 Å². The van der Waals surface area contributed by atoms with Gasteiger partial charge in [-0.15, -0.1) is 11.3 Å². The highest BCUT2D eigenvalue weighted by Crippen LogP contribution is 2.34. The van der Waals surface area contributed by atoms with Crippen molar-refractivity contribution in [2.24, 2.45) is 0 Å². The average Bonchev–Trinajstić information content (AvgIpc) is 3.25. The second-order valence-electron chi connectivity index (χ2n) is 6.11. The fourth-order valence-electron chi connectivity index (χ4n) is 2.54. The zero-order chi connectivity index (χ0) is 19.6. The van der Waals surface area contributed by atoms with E-state index in [1.165, 1.54) is 29.8 Å². The number of aromatic nitrogens is 2. The lowest BCUT2D eigenvalue weighted by Crippen LogP contribution is -2.13. The summed E-state index contributed by atoms with van der Waals surface area (Å²) in [4.78, 5) is 34.9. The SMILES string of the molecule is COC(=O)c1nc(NC(=O)c2sc(C)nc2C(C)C)sc1-c1ccccc1. The van der Waals surface area contributed by atoms with Crippen LogP contribution < -0.4 is 5.32 Å². The van der Waals surface area contributed by atoms with Gasteiger partial charge in [-0.2, -0.15) is 0 Å². The van der Waals surface area contributed by atoms with Gasteiger partial charge in [-0.1, -0.05) is 55.5 Å². The monoisotopic (exact) mass is 401 g/mol. The summed E-state index contributed by atoms with van der Waals surface area (Å²) in [5.74, 6) is -0.673. The molecule has 0 aliphatic carbocycles. The van der Waals surface area contributed by atoms with Crippen molar-refractivity contribution in [2.45, 2.75) is 26.7 Å². The summed E-state index contributed by atoms with van der Waals surface area (Å²) in [5, 5.41) is 3.99. The first-order valence-electron chi connectivity index (χ1n) is 8.34. The molecule has 0 radical (unpaired) electrons. The first kappa shape index (κ1) is 19.2. The third-order valence-electron chi connectivity index (χ3n) is 3.78. The van der Waals surface area contributed by atoms with Crippen LogP contribution in [0.15, 0.2) is 30.3 Å². The average molecular weight is 402 g/mol. The summed E-state index contributed by atoms with van der Waals surface area (Å²) in [5.41, 5.74) is 1.80. The van der Waals surface area contributed by atoms with Crippen molar-refractivity contribution in [2.75, 3.05) is 12.4 Å². The topological polar surface area (TPSA) is 81.2 Å². The molecule has 0 atom stereocenters. The van der Waals surface area contributed by atoms with Crippen LogP contribution in [0.25, 0.3) is 10.4 Å². The quantitative estimate of drug-likeness (QED) is 0.625. The molecule has 0 saturated heterocycles. The van der Waals surface area contributed by atoms with Crippen molar-refractivity contribution in [1.29, 1.82) is 0 Å². The molecule has 2 heterocycles. The molecule has 0 bridgehead atoms. The maximum absolute atomic E-state index is 12.8. The Labute approximate surface area is 165 Å². The van der Waals surface area contributed by atoms with E-state index in [0.717, 1.165) is 16.3 Å². The maximum Gasteiger partial charge on any atom is 0.358 e. The van der Waals surface area contributed by atoms with Gasteiger partial charge >= 0.3 is 5.97 Å². The lowest BCUT2D eigenvalue weighted by molar-refractivity contribution is 0.0595. The molecule has 0 spiro atoms. The summed E-state index contributed by atoms with van der Waals surface area (Å²) < 4.78 is 4.84. The largest absolute Gasteiger partial charge is 0.464 e. The lowest BCUT2D eigenvalue weighted by Gasteiger charge is -2.04. The molecule has 0 saturated carbocycles. The normalized spacial score (nSPS) is 10.9. The molecule has 0 aliphatic rings. The van der Waals surface area contributed by atoms with Crippen LogP contribution in [0.2, 0.25) is 0 Å². The third kappa shape index (κ3) is 4.06. The molecule has 3 rings (SSSR count). The first-order chi connectivity index (χ1) is 12.9. The maximum atomic E-state index is 12.8. The van der Waals surface area contributed by atoms with Crippen LogP contribution in [0.5, 0.6) is 0 Å². The van der Waals surface area contributed by atoms with Crippen LogP contribution in [-0.2, 0) is 4.74 Å². The molecule has 1 N–H and O–H groups in total. The van der Waals surface area contributed by atoms with E-state index in [0.29, 0.717) is 14.9 Å². The van der Waals surface area contributed by atoms with Crippen LogP contribution in [0.3, 0.4) is 0 Å². The minimum absolute atomic E-state index is 0.137. The van der Waals surface area contributed by atoms with Gasteiger partial charge in [0.15, 0.2) is 10.8 Å². The van der Waals surface area contributed by atoms with Crippen molar-refractivity contribution in [3.05, 3.63) is 51.6 Å². The molecule has 140 valence electrons. The Morgan fingerprint density at radius 1 is 1.11 bits per heavy atom. The standard InChI is InChI=1S/C19H19N3O3S2/c1-10(2)13-16(26-11(3)20-13)17(23)22-19-21-14(18(24)25-4)15(27-19)12-8-6-5-7-9-12/h5-10H,1-4H3,(H,21,22,23). The minimum Gasteiger partial charge on any atom is -0.464 e. The predicted octanol–water partition coefficient (Wildman–Crippen LogP) is 4.74. The van der Waals surface area contributed by atoms with Gasteiger partial charge in [0.25, 0.3) is 5.91 Å². The molecule has 0 aliphatic heterocycles. The fraction of sp³-hybridized carbons (Fsp3) is 0.263. The van der Waals surface area contributed by atoms with Crippen LogP contribution in [0, 0.1) is 6.92 Å². The Balaban J connectivity index is 1.95. The Bertz CT molecular complexity index is 978. The summed E-state index contributed by atoms with van der Waals surface area (Å²) in [6.07, 6.45) is 0. The number of thiazole rings is 2. The van der Waals surface area contributed by atoms with Crippen LogP contribution in [0.4, 0.5) is 5.13 Å². The minimum atomic E-state index is -0.540. The summed E-state index contributed by atoms with van der Waals surface area (Å²) >= 11 is 2.59. The van der Waals surface area contributed by atoms with E-state index in [4.69, 9.17) is 4.74 Å². The Morgan fingerprint density at radius 3 is 2.44 bits per heavy atom. The Kier molecular flexibility index (Phi) is 5.67. The van der Waals surface area contributed by atoms with Crippen molar-refractivity contribution >= 4 is 39.7 Å². The summed E-state index contributed by atoms with van der Waals surface area (Å²) in [6.45, 7) is 5.87. The van der Waals surface area contributed by atoms with E-state index in [2.05, 4.69) is 15.3 Å². The predicted molar refractivity (Wildman–Crippen MR) is 108 cm³/mol.